The van der Waals surface area contributed by atoms with E-state index in [9.17, 15) is 4.79 Å². The first kappa shape index (κ1) is 18.7. The van der Waals surface area contributed by atoms with Gasteiger partial charge in [-0.05, 0) is 68.8 Å². The molecule has 1 aliphatic heterocycles. The van der Waals surface area contributed by atoms with Crippen molar-refractivity contribution in [2.75, 3.05) is 31.6 Å². The molecule has 0 spiro atoms. The van der Waals surface area contributed by atoms with Gasteiger partial charge in [0.05, 0.1) is 11.0 Å². The van der Waals surface area contributed by atoms with Crippen LogP contribution in [0.4, 0.5) is 5.69 Å². The van der Waals surface area contributed by atoms with E-state index in [0.29, 0.717) is 0 Å². The standard InChI is InChI=1S/C22H26N4O2/c27-15-3-12-26-13-10-17(11-14-26)22(28)23-18-8-6-16(7-9-18)21-24-19-4-1-2-5-20(19)25-21/h1-2,4-9,17,27H,3,10-15H2,(H,23,28)(H,24,25). The number of hydrogen-bond acceptors (Lipinski definition) is 4. The van der Waals surface area contributed by atoms with Gasteiger partial charge in [0.1, 0.15) is 5.82 Å². The van der Waals surface area contributed by atoms with Gasteiger partial charge >= 0.3 is 0 Å². The molecule has 0 bridgehead atoms. The molecule has 1 fully saturated rings. The van der Waals surface area contributed by atoms with Crippen molar-refractivity contribution in [1.82, 2.24) is 14.9 Å². The molecule has 4 rings (SSSR count). The van der Waals surface area contributed by atoms with Gasteiger partial charge in [0, 0.05) is 30.3 Å². The zero-order valence-electron chi connectivity index (χ0n) is 15.9. The van der Waals surface area contributed by atoms with Crippen LogP contribution in [0.3, 0.4) is 0 Å². The number of aromatic nitrogens is 2. The number of nitrogens with one attached hydrogen (secondary N) is 2. The van der Waals surface area contributed by atoms with Gasteiger partial charge in [0.15, 0.2) is 0 Å². The van der Waals surface area contributed by atoms with E-state index in [-0.39, 0.29) is 18.4 Å². The van der Waals surface area contributed by atoms with Gasteiger partial charge in [-0.3, -0.25) is 4.79 Å². The van der Waals surface area contributed by atoms with Crippen molar-refractivity contribution in [1.29, 1.82) is 0 Å². The highest BCUT2D eigenvalue weighted by Crippen LogP contribution is 2.23. The first-order valence-electron chi connectivity index (χ1n) is 9.92. The van der Waals surface area contributed by atoms with Crippen LogP contribution >= 0.6 is 0 Å². The molecular formula is C22H26N4O2. The smallest absolute Gasteiger partial charge is 0.227 e. The molecular weight excluding hydrogens is 352 g/mol. The van der Waals surface area contributed by atoms with Crippen molar-refractivity contribution in [2.24, 2.45) is 5.92 Å². The lowest BCUT2D eigenvalue weighted by Gasteiger charge is -2.31. The van der Waals surface area contributed by atoms with Gasteiger partial charge in [0.25, 0.3) is 0 Å². The van der Waals surface area contributed by atoms with Crippen molar-refractivity contribution in [3.05, 3.63) is 48.5 Å². The summed E-state index contributed by atoms with van der Waals surface area (Å²) in [6, 6.07) is 15.8. The molecule has 3 aromatic rings. The number of piperidine rings is 1. The largest absolute Gasteiger partial charge is 0.396 e. The molecule has 1 saturated heterocycles. The van der Waals surface area contributed by atoms with Crippen molar-refractivity contribution in [3.8, 4) is 11.4 Å². The fraction of sp³-hybridized carbons (Fsp3) is 0.364. The number of likely N-dealkylation sites (tertiary alicyclic amines) is 1. The van der Waals surface area contributed by atoms with E-state index < -0.39 is 0 Å². The van der Waals surface area contributed by atoms with E-state index in [1.807, 2.05) is 48.5 Å². The molecule has 1 aromatic heterocycles. The Kier molecular flexibility index (Phi) is 5.69. The Bertz CT molecular complexity index is 894. The van der Waals surface area contributed by atoms with E-state index in [2.05, 4.69) is 20.2 Å². The lowest BCUT2D eigenvalue weighted by molar-refractivity contribution is -0.121. The Labute approximate surface area is 164 Å². The average Bonchev–Trinajstić information content (AvgIpc) is 3.17. The first-order valence-corrected chi connectivity index (χ1v) is 9.92. The molecule has 0 radical (unpaired) electrons. The van der Waals surface area contributed by atoms with E-state index in [1.165, 1.54) is 0 Å². The van der Waals surface area contributed by atoms with Crippen LogP contribution in [-0.4, -0.2) is 52.1 Å². The molecule has 0 saturated carbocycles. The molecule has 3 N–H and O–H groups in total. The van der Waals surface area contributed by atoms with Crippen molar-refractivity contribution in [2.45, 2.75) is 19.3 Å². The molecule has 2 heterocycles. The Morgan fingerprint density at radius 2 is 1.89 bits per heavy atom. The topological polar surface area (TPSA) is 81.2 Å². The first-order chi connectivity index (χ1) is 13.7. The van der Waals surface area contributed by atoms with E-state index in [0.717, 1.165) is 67.0 Å². The lowest BCUT2D eigenvalue weighted by Crippen LogP contribution is -2.38. The van der Waals surface area contributed by atoms with Gasteiger partial charge in [-0.15, -0.1) is 0 Å². The van der Waals surface area contributed by atoms with Crippen LogP contribution in [-0.2, 0) is 4.79 Å². The fourth-order valence-corrected chi connectivity index (χ4v) is 3.76. The summed E-state index contributed by atoms with van der Waals surface area (Å²) in [6.45, 7) is 2.98. The molecule has 0 aliphatic carbocycles. The Hall–Kier alpha value is -2.70. The SMILES string of the molecule is O=C(Nc1ccc(-c2nc3ccccc3[nH]2)cc1)C1CCN(CCCO)CC1. The predicted octanol–water partition coefficient (Wildman–Crippen LogP) is 3.26. The number of H-pyrrole nitrogens is 1. The number of aliphatic hydroxyl groups is 1. The lowest BCUT2D eigenvalue weighted by atomic mass is 9.95. The molecule has 1 aliphatic rings. The summed E-state index contributed by atoms with van der Waals surface area (Å²) >= 11 is 0. The second kappa shape index (κ2) is 8.54. The highest BCUT2D eigenvalue weighted by Gasteiger charge is 2.24. The molecule has 28 heavy (non-hydrogen) atoms. The minimum Gasteiger partial charge on any atom is -0.396 e. The number of fused-ring (bicyclic) bond motifs is 1. The molecule has 0 unspecified atom stereocenters. The summed E-state index contributed by atoms with van der Waals surface area (Å²) in [6.07, 6.45) is 2.54. The normalized spacial score (nSPS) is 15.8. The quantitative estimate of drug-likeness (QED) is 0.615. The minimum atomic E-state index is 0.0559. The van der Waals surface area contributed by atoms with Gasteiger partial charge in [-0.2, -0.15) is 0 Å². The maximum Gasteiger partial charge on any atom is 0.227 e. The van der Waals surface area contributed by atoms with Crippen LogP contribution in [0.15, 0.2) is 48.5 Å². The summed E-state index contributed by atoms with van der Waals surface area (Å²) in [4.78, 5) is 22.8. The number of carbonyl (C=O) groups excluding carboxylic acids is 1. The molecule has 0 atom stereocenters. The van der Waals surface area contributed by atoms with Gasteiger partial charge in [0.2, 0.25) is 5.91 Å². The zero-order chi connectivity index (χ0) is 19.3. The molecule has 1 amide bonds. The van der Waals surface area contributed by atoms with Crippen LogP contribution in [0.2, 0.25) is 0 Å². The summed E-state index contributed by atoms with van der Waals surface area (Å²) in [5.41, 5.74) is 3.76. The Balaban J connectivity index is 1.35. The van der Waals surface area contributed by atoms with Crippen LogP contribution < -0.4 is 5.32 Å². The van der Waals surface area contributed by atoms with Gasteiger partial charge < -0.3 is 20.3 Å². The molecule has 146 valence electrons. The van der Waals surface area contributed by atoms with Gasteiger partial charge in [-0.1, -0.05) is 12.1 Å². The number of amides is 1. The molecule has 6 nitrogen and oxygen atoms in total. The van der Waals surface area contributed by atoms with E-state index in [1.54, 1.807) is 0 Å². The van der Waals surface area contributed by atoms with E-state index >= 15 is 0 Å². The Morgan fingerprint density at radius 3 is 2.61 bits per heavy atom. The van der Waals surface area contributed by atoms with Crippen molar-refractivity contribution >= 4 is 22.6 Å². The van der Waals surface area contributed by atoms with Crippen molar-refractivity contribution < 1.29 is 9.90 Å². The van der Waals surface area contributed by atoms with Crippen molar-refractivity contribution in [3.63, 3.8) is 0 Å². The van der Waals surface area contributed by atoms with Crippen LogP contribution in [0, 0.1) is 5.92 Å². The van der Waals surface area contributed by atoms with Gasteiger partial charge in [-0.25, -0.2) is 4.98 Å². The second-order valence-corrected chi connectivity index (χ2v) is 7.36. The number of nitrogens with zero attached hydrogens (tertiary/aromatic N) is 2. The third kappa shape index (κ3) is 4.24. The zero-order valence-corrected chi connectivity index (χ0v) is 15.9. The average molecular weight is 378 g/mol. The molecule has 2 aromatic carbocycles. The van der Waals surface area contributed by atoms with E-state index in [4.69, 9.17) is 5.11 Å². The second-order valence-electron chi connectivity index (χ2n) is 7.36. The summed E-state index contributed by atoms with van der Waals surface area (Å²) < 4.78 is 0. The monoisotopic (exact) mass is 378 g/mol. The predicted molar refractivity (Wildman–Crippen MR) is 111 cm³/mol. The maximum absolute atomic E-state index is 12.6. The number of benzene rings is 2. The fourth-order valence-electron chi connectivity index (χ4n) is 3.76. The van der Waals surface area contributed by atoms with Crippen LogP contribution in [0.5, 0.6) is 0 Å². The number of aliphatic hydroxyl groups excluding tert-OH is 1. The van der Waals surface area contributed by atoms with Crippen LogP contribution in [0.1, 0.15) is 19.3 Å². The minimum absolute atomic E-state index is 0.0559. The highest BCUT2D eigenvalue weighted by molar-refractivity contribution is 5.93. The maximum atomic E-state index is 12.6. The number of para-hydroxylation sites is 2. The molecule has 6 heteroatoms. The summed E-state index contributed by atoms with van der Waals surface area (Å²) in [5.74, 6) is 0.980. The number of carbonyl (C=O) groups is 1. The third-order valence-corrected chi connectivity index (χ3v) is 5.41. The summed E-state index contributed by atoms with van der Waals surface area (Å²) in [7, 11) is 0. The number of rotatable bonds is 6. The number of imidazole rings is 1. The third-order valence-electron chi connectivity index (χ3n) is 5.41. The number of hydrogen-bond donors (Lipinski definition) is 3. The Morgan fingerprint density at radius 1 is 1.14 bits per heavy atom. The number of aromatic amines is 1. The summed E-state index contributed by atoms with van der Waals surface area (Å²) in [5, 5.41) is 12.0. The highest BCUT2D eigenvalue weighted by atomic mass is 16.3. The number of anilines is 1. The van der Waals surface area contributed by atoms with Crippen LogP contribution in [0.25, 0.3) is 22.4 Å².